The van der Waals surface area contributed by atoms with Gasteiger partial charge in [0, 0.05) is 0 Å². The van der Waals surface area contributed by atoms with E-state index in [4.69, 9.17) is 5.11 Å². The fraction of sp³-hybridized carbons (Fsp3) is 0.0714. The SMILES string of the molecule is O=C(O)Cc1cc(F)ccc1-c1c(F)c(F)c(F)c(F)c1F. The number of hydrogen-bond acceptors (Lipinski definition) is 1. The molecule has 116 valence electrons. The van der Waals surface area contributed by atoms with Gasteiger partial charge in [0.15, 0.2) is 23.3 Å². The lowest BCUT2D eigenvalue weighted by molar-refractivity contribution is -0.136. The van der Waals surface area contributed by atoms with Crippen LogP contribution in [-0.4, -0.2) is 11.1 Å². The molecule has 22 heavy (non-hydrogen) atoms. The van der Waals surface area contributed by atoms with E-state index in [1.807, 2.05) is 0 Å². The monoisotopic (exact) mass is 320 g/mol. The van der Waals surface area contributed by atoms with Crippen molar-refractivity contribution in [1.82, 2.24) is 0 Å². The zero-order chi connectivity index (χ0) is 16.6. The molecule has 1 N–H and O–H groups in total. The number of halogens is 6. The first-order chi connectivity index (χ1) is 10.2. The molecule has 0 aliphatic rings. The summed E-state index contributed by atoms with van der Waals surface area (Å²) in [6.45, 7) is 0. The largest absolute Gasteiger partial charge is 0.481 e. The summed E-state index contributed by atoms with van der Waals surface area (Å²) in [6, 6.07) is 2.13. The van der Waals surface area contributed by atoms with E-state index in [1.54, 1.807) is 0 Å². The van der Waals surface area contributed by atoms with E-state index in [1.165, 1.54) is 0 Å². The second kappa shape index (κ2) is 5.70. The molecule has 0 saturated heterocycles. The lowest BCUT2D eigenvalue weighted by atomic mass is 9.96. The maximum atomic E-state index is 13.7. The second-order valence-corrected chi connectivity index (χ2v) is 4.32. The summed E-state index contributed by atoms with van der Waals surface area (Å²) in [5.41, 5.74) is -2.31. The fourth-order valence-corrected chi connectivity index (χ4v) is 1.96. The third-order valence-electron chi connectivity index (χ3n) is 2.89. The van der Waals surface area contributed by atoms with Crippen LogP contribution in [-0.2, 0) is 11.2 Å². The van der Waals surface area contributed by atoms with Gasteiger partial charge < -0.3 is 5.11 Å². The van der Waals surface area contributed by atoms with Gasteiger partial charge in [0.25, 0.3) is 0 Å². The average Bonchev–Trinajstić information content (AvgIpc) is 2.45. The summed E-state index contributed by atoms with van der Waals surface area (Å²) in [7, 11) is 0. The van der Waals surface area contributed by atoms with Gasteiger partial charge in [-0.25, -0.2) is 26.3 Å². The lowest BCUT2D eigenvalue weighted by Gasteiger charge is -2.12. The summed E-state index contributed by atoms with van der Waals surface area (Å²) in [5.74, 6) is -13.3. The molecule has 2 aromatic carbocycles. The Kier molecular flexibility index (Phi) is 4.11. The summed E-state index contributed by atoms with van der Waals surface area (Å²) >= 11 is 0. The van der Waals surface area contributed by atoms with E-state index >= 15 is 0 Å². The molecular weight excluding hydrogens is 314 g/mol. The molecule has 0 aliphatic heterocycles. The molecule has 2 rings (SSSR count). The number of rotatable bonds is 3. The first-order valence-corrected chi connectivity index (χ1v) is 5.76. The van der Waals surface area contributed by atoms with Crippen molar-refractivity contribution in [2.24, 2.45) is 0 Å². The average molecular weight is 320 g/mol. The minimum atomic E-state index is -2.33. The van der Waals surface area contributed by atoms with Gasteiger partial charge in [-0.1, -0.05) is 6.07 Å². The smallest absolute Gasteiger partial charge is 0.307 e. The van der Waals surface area contributed by atoms with Crippen LogP contribution in [0.2, 0.25) is 0 Å². The molecule has 0 aliphatic carbocycles. The first kappa shape index (κ1) is 15.9. The highest BCUT2D eigenvalue weighted by Gasteiger charge is 2.28. The summed E-state index contributed by atoms with van der Waals surface area (Å²) in [4.78, 5) is 10.7. The topological polar surface area (TPSA) is 37.3 Å². The van der Waals surface area contributed by atoms with Gasteiger partial charge in [-0.2, -0.15) is 0 Å². The van der Waals surface area contributed by atoms with Crippen molar-refractivity contribution in [2.75, 3.05) is 0 Å². The molecule has 0 atom stereocenters. The van der Waals surface area contributed by atoms with E-state index in [-0.39, 0.29) is 0 Å². The Morgan fingerprint density at radius 1 is 0.864 bits per heavy atom. The van der Waals surface area contributed by atoms with Crippen LogP contribution in [0.3, 0.4) is 0 Å². The van der Waals surface area contributed by atoms with Crippen LogP contribution in [0.25, 0.3) is 11.1 Å². The highest BCUT2D eigenvalue weighted by Crippen LogP contribution is 2.34. The van der Waals surface area contributed by atoms with Crippen LogP contribution < -0.4 is 0 Å². The van der Waals surface area contributed by atoms with Gasteiger partial charge >= 0.3 is 5.97 Å². The van der Waals surface area contributed by atoms with E-state index in [9.17, 15) is 31.1 Å². The third-order valence-corrected chi connectivity index (χ3v) is 2.89. The van der Waals surface area contributed by atoms with Gasteiger partial charge in [0.1, 0.15) is 5.82 Å². The standard InChI is InChI=1S/C14H6F6O2/c15-6-1-2-7(5(3-6)4-8(21)22)9-10(16)12(18)14(20)13(19)11(9)17/h1-3H,4H2,(H,21,22). The molecule has 0 saturated carbocycles. The fourth-order valence-electron chi connectivity index (χ4n) is 1.96. The molecule has 0 spiro atoms. The predicted octanol–water partition coefficient (Wildman–Crippen LogP) is 3.82. The van der Waals surface area contributed by atoms with Gasteiger partial charge in [0.05, 0.1) is 12.0 Å². The van der Waals surface area contributed by atoms with Gasteiger partial charge in [0.2, 0.25) is 5.82 Å². The Morgan fingerprint density at radius 2 is 1.36 bits per heavy atom. The summed E-state index contributed by atoms with van der Waals surface area (Å²) < 4.78 is 80.1. The highest BCUT2D eigenvalue weighted by atomic mass is 19.2. The number of hydrogen-bond donors (Lipinski definition) is 1. The number of aliphatic carboxylic acids is 1. The zero-order valence-electron chi connectivity index (χ0n) is 10.6. The van der Waals surface area contributed by atoms with Crippen molar-refractivity contribution in [2.45, 2.75) is 6.42 Å². The zero-order valence-corrected chi connectivity index (χ0v) is 10.6. The minimum Gasteiger partial charge on any atom is -0.481 e. The summed E-state index contributed by atoms with van der Waals surface area (Å²) in [6.07, 6.45) is -0.855. The van der Waals surface area contributed by atoms with E-state index in [0.29, 0.717) is 6.07 Å². The molecule has 0 heterocycles. The van der Waals surface area contributed by atoms with Crippen molar-refractivity contribution < 1.29 is 36.2 Å². The molecule has 0 aromatic heterocycles. The van der Waals surface area contributed by atoms with Crippen LogP contribution in [0.15, 0.2) is 18.2 Å². The van der Waals surface area contributed by atoms with Crippen molar-refractivity contribution in [3.63, 3.8) is 0 Å². The van der Waals surface area contributed by atoms with Crippen LogP contribution in [0.5, 0.6) is 0 Å². The molecule has 0 radical (unpaired) electrons. The molecule has 2 nitrogen and oxygen atoms in total. The van der Waals surface area contributed by atoms with Gasteiger partial charge in [-0.3, -0.25) is 4.79 Å². The molecule has 0 fully saturated rings. The molecular formula is C14H6F6O2. The molecule has 8 heteroatoms. The quantitative estimate of drug-likeness (QED) is 0.530. The molecule has 0 unspecified atom stereocenters. The predicted molar refractivity (Wildman–Crippen MR) is 63.0 cm³/mol. The maximum absolute atomic E-state index is 13.7. The summed E-state index contributed by atoms with van der Waals surface area (Å²) in [5, 5.41) is 8.70. The Balaban J connectivity index is 2.80. The van der Waals surface area contributed by atoms with Crippen molar-refractivity contribution in [3.05, 3.63) is 58.7 Å². The van der Waals surface area contributed by atoms with E-state index in [0.717, 1.165) is 12.1 Å². The number of benzene rings is 2. The normalized spacial score (nSPS) is 10.8. The van der Waals surface area contributed by atoms with Crippen molar-refractivity contribution in [3.8, 4) is 11.1 Å². The number of carbonyl (C=O) groups is 1. The molecule has 0 amide bonds. The highest BCUT2D eigenvalue weighted by molar-refractivity contribution is 5.77. The van der Waals surface area contributed by atoms with Crippen LogP contribution in [0.4, 0.5) is 26.3 Å². The minimum absolute atomic E-state index is 0.421. The Hall–Kier alpha value is -2.51. The number of carboxylic acid groups (broad SMARTS) is 1. The second-order valence-electron chi connectivity index (χ2n) is 4.32. The maximum Gasteiger partial charge on any atom is 0.307 e. The Morgan fingerprint density at radius 3 is 1.86 bits per heavy atom. The Bertz CT molecular complexity index is 743. The molecule has 0 bridgehead atoms. The van der Waals surface area contributed by atoms with E-state index < -0.39 is 64.0 Å². The van der Waals surface area contributed by atoms with Gasteiger partial charge in [-0.15, -0.1) is 0 Å². The third kappa shape index (κ3) is 2.63. The first-order valence-electron chi connectivity index (χ1n) is 5.76. The van der Waals surface area contributed by atoms with Crippen LogP contribution >= 0.6 is 0 Å². The Labute approximate surface area is 119 Å². The van der Waals surface area contributed by atoms with Crippen molar-refractivity contribution >= 4 is 5.97 Å². The van der Waals surface area contributed by atoms with E-state index in [2.05, 4.69) is 0 Å². The number of carboxylic acids is 1. The van der Waals surface area contributed by atoms with Crippen molar-refractivity contribution in [1.29, 1.82) is 0 Å². The molecule has 2 aromatic rings. The van der Waals surface area contributed by atoms with Crippen LogP contribution in [0.1, 0.15) is 5.56 Å². The van der Waals surface area contributed by atoms with Gasteiger partial charge in [-0.05, 0) is 23.3 Å². The van der Waals surface area contributed by atoms with Crippen LogP contribution in [0, 0.1) is 34.9 Å². The lowest BCUT2D eigenvalue weighted by Crippen LogP contribution is -2.08.